The van der Waals surface area contributed by atoms with Gasteiger partial charge in [-0.1, -0.05) is 0 Å². The van der Waals surface area contributed by atoms with E-state index in [1.54, 1.807) is 0 Å². The summed E-state index contributed by atoms with van der Waals surface area (Å²) in [7, 11) is 0. The van der Waals surface area contributed by atoms with Gasteiger partial charge in [0.25, 0.3) is 0 Å². The number of nitrogens with zero attached hydrogens (tertiary/aromatic N) is 3. The van der Waals surface area contributed by atoms with Gasteiger partial charge in [0.2, 0.25) is 0 Å². The molecule has 1 aromatic rings. The van der Waals surface area contributed by atoms with Crippen molar-refractivity contribution in [1.29, 1.82) is 0 Å². The summed E-state index contributed by atoms with van der Waals surface area (Å²) in [5.74, 6) is 0.811. The maximum Gasteiger partial charge on any atom is 0.135 e. The van der Waals surface area contributed by atoms with Crippen molar-refractivity contribution in [2.24, 2.45) is 6.98 Å². The smallest absolute Gasteiger partial charge is 0.135 e. The minimum Gasteiger partial charge on any atom is -0.320 e. The largest absolute Gasteiger partial charge is 0.320 e. The summed E-state index contributed by atoms with van der Waals surface area (Å²) in [5.41, 5.74) is 0. The summed E-state index contributed by atoms with van der Waals surface area (Å²) in [4.78, 5) is 0. The quantitative estimate of drug-likeness (QED) is 0.734. The molecule has 1 N–H and O–H groups in total. The van der Waals surface area contributed by atoms with Crippen molar-refractivity contribution in [3.05, 3.63) is 12.2 Å². The van der Waals surface area contributed by atoms with Gasteiger partial charge in [0.05, 0.1) is 0 Å². The monoisotopic (exact) mass is 205 g/mol. The van der Waals surface area contributed by atoms with E-state index in [0.717, 1.165) is 25.9 Å². The molecule has 0 amide bonds. The first-order valence-corrected chi connectivity index (χ1v) is 4.20. The standard InChI is InChI=1S/C8H14N4.ClH/c1-12-6-10-11-8(12)7-2-4-9-5-3-7;/h6-7,9H,2-5H2,1H3;1H/i1D3;. The van der Waals surface area contributed by atoms with Crippen LogP contribution in [0.2, 0.25) is 0 Å². The normalized spacial score (nSPS) is 22.6. The highest BCUT2D eigenvalue weighted by Crippen LogP contribution is 2.21. The number of hydrogen-bond acceptors (Lipinski definition) is 3. The maximum atomic E-state index is 7.35. The Kier molecular flexibility index (Phi) is 2.39. The van der Waals surface area contributed by atoms with Crippen LogP contribution in [-0.2, 0) is 6.98 Å². The second-order valence-corrected chi connectivity index (χ2v) is 3.08. The number of aryl methyl sites for hydroxylation is 1. The predicted molar refractivity (Wildman–Crippen MR) is 53.1 cm³/mol. The summed E-state index contributed by atoms with van der Waals surface area (Å²) in [6.45, 7) is -0.333. The van der Waals surface area contributed by atoms with Crippen LogP contribution in [0.3, 0.4) is 0 Å². The molecular formula is C8H15ClN4. The van der Waals surface area contributed by atoms with Crippen LogP contribution in [0.4, 0.5) is 0 Å². The Labute approximate surface area is 88.4 Å². The van der Waals surface area contributed by atoms with E-state index in [-0.39, 0.29) is 18.3 Å². The first kappa shape index (κ1) is 6.79. The summed E-state index contributed by atoms with van der Waals surface area (Å²) < 4.78 is 23.3. The predicted octanol–water partition coefficient (Wildman–Crippen LogP) is 0.704. The first-order valence-electron chi connectivity index (χ1n) is 5.70. The van der Waals surface area contributed by atoms with Crippen molar-refractivity contribution < 1.29 is 4.11 Å². The second kappa shape index (κ2) is 4.58. The van der Waals surface area contributed by atoms with E-state index in [0.29, 0.717) is 5.82 Å². The van der Waals surface area contributed by atoms with Crippen molar-refractivity contribution >= 4 is 12.4 Å². The molecule has 1 aliphatic rings. The van der Waals surface area contributed by atoms with Gasteiger partial charge in [0.1, 0.15) is 12.2 Å². The molecule has 0 aliphatic carbocycles. The molecule has 0 radical (unpaired) electrons. The SMILES string of the molecule is Cl.[2H]C([2H])([2H])n1cnnc1C1CCNCC1. The molecule has 5 heteroatoms. The highest BCUT2D eigenvalue weighted by Gasteiger charge is 2.18. The van der Waals surface area contributed by atoms with Crippen LogP contribution in [0.25, 0.3) is 0 Å². The van der Waals surface area contributed by atoms with Gasteiger partial charge in [0, 0.05) is 17.0 Å². The average molecular weight is 206 g/mol. The third kappa shape index (κ3) is 2.19. The minimum absolute atomic E-state index is 0. The summed E-state index contributed by atoms with van der Waals surface area (Å²) in [6.07, 6.45) is 3.15. The molecular weight excluding hydrogens is 188 g/mol. The Morgan fingerprint density at radius 1 is 1.62 bits per heavy atom. The Hall–Kier alpha value is -0.610. The Bertz CT molecular complexity index is 332. The fraction of sp³-hybridized carbons (Fsp3) is 0.750. The maximum absolute atomic E-state index is 7.35. The van der Waals surface area contributed by atoms with E-state index in [9.17, 15) is 0 Å². The lowest BCUT2D eigenvalue weighted by molar-refractivity contribution is 0.436. The van der Waals surface area contributed by atoms with E-state index in [4.69, 9.17) is 4.11 Å². The van der Waals surface area contributed by atoms with Crippen molar-refractivity contribution in [3.63, 3.8) is 0 Å². The van der Waals surface area contributed by atoms with Gasteiger partial charge in [-0.15, -0.1) is 22.6 Å². The zero-order valence-electron chi connectivity index (χ0n) is 10.2. The van der Waals surface area contributed by atoms with E-state index in [1.807, 2.05) is 0 Å². The van der Waals surface area contributed by atoms with Gasteiger partial charge in [-0.3, -0.25) is 0 Å². The zero-order valence-corrected chi connectivity index (χ0v) is 8.05. The molecule has 13 heavy (non-hydrogen) atoms. The topological polar surface area (TPSA) is 42.7 Å². The number of halogens is 1. The molecule has 1 aromatic heterocycles. The molecule has 1 aliphatic heterocycles. The van der Waals surface area contributed by atoms with E-state index >= 15 is 0 Å². The highest BCUT2D eigenvalue weighted by atomic mass is 35.5. The van der Waals surface area contributed by atoms with Crippen molar-refractivity contribution in [3.8, 4) is 0 Å². The van der Waals surface area contributed by atoms with Gasteiger partial charge in [0.15, 0.2) is 0 Å². The fourth-order valence-corrected chi connectivity index (χ4v) is 1.60. The molecule has 0 atom stereocenters. The average Bonchev–Trinajstić information content (AvgIpc) is 2.67. The molecule has 0 bridgehead atoms. The van der Waals surface area contributed by atoms with E-state index in [1.165, 1.54) is 10.9 Å². The van der Waals surface area contributed by atoms with Crippen molar-refractivity contribution in [2.75, 3.05) is 13.1 Å². The number of rotatable bonds is 1. The Balaban J connectivity index is 0.00000128. The molecule has 2 rings (SSSR count). The van der Waals surface area contributed by atoms with Crippen molar-refractivity contribution in [1.82, 2.24) is 20.1 Å². The van der Waals surface area contributed by atoms with Crippen LogP contribution in [0.1, 0.15) is 28.7 Å². The van der Waals surface area contributed by atoms with Crippen LogP contribution in [0, 0.1) is 0 Å². The van der Waals surface area contributed by atoms with Crippen LogP contribution in [0.5, 0.6) is 0 Å². The lowest BCUT2D eigenvalue weighted by Crippen LogP contribution is -2.27. The Morgan fingerprint density at radius 3 is 3.08 bits per heavy atom. The third-order valence-electron chi connectivity index (χ3n) is 2.28. The first-order chi connectivity index (χ1) is 7.09. The number of piperidine rings is 1. The van der Waals surface area contributed by atoms with Gasteiger partial charge >= 0.3 is 0 Å². The molecule has 1 saturated heterocycles. The van der Waals surface area contributed by atoms with E-state index < -0.39 is 6.98 Å². The molecule has 1 fully saturated rings. The number of aromatic nitrogens is 3. The third-order valence-corrected chi connectivity index (χ3v) is 2.28. The summed E-state index contributed by atoms with van der Waals surface area (Å²) in [6, 6.07) is 0. The number of hydrogen-bond donors (Lipinski definition) is 1. The zero-order chi connectivity index (χ0) is 10.9. The molecule has 74 valence electrons. The van der Waals surface area contributed by atoms with Crippen molar-refractivity contribution in [2.45, 2.75) is 18.8 Å². The molecule has 0 saturated carbocycles. The lowest BCUT2D eigenvalue weighted by Gasteiger charge is -2.21. The van der Waals surface area contributed by atoms with Gasteiger partial charge in [-0.25, -0.2) is 0 Å². The lowest BCUT2D eigenvalue weighted by atomic mass is 9.97. The fourth-order valence-electron chi connectivity index (χ4n) is 1.60. The Morgan fingerprint density at radius 2 is 2.38 bits per heavy atom. The molecule has 2 heterocycles. The number of nitrogens with one attached hydrogen (secondary N) is 1. The minimum atomic E-state index is -2.16. The van der Waals surface area contributed by atoms with Gasteiger partial charge in [-0.2, -0.15) is 0 Å². The second-order valence-electron chi connectivity index (χ2n) is 3.08. The van der Waals surface area contributed by atoms with Crippen LogP contribution in [0.15, 0.2) is 6.33 Å². The summed E-state index contributed by atoms with van der Waals surface area (Å²) in [5, 5.41) is 10.9. The molecule has 4 nitrogen and oxygen atoms in total. The van der Waals surface area contributed by atoms with E-state index in [2.05, 4.69) is 15.5 Å². The molecule has 0 spiro atoms. The van der Waals surface area contributed by atoms with Gasteiger partial charge in [-0.05, 0) is 25.9 Å². The van der Waals surface area contributed by atoms with Crippen LogP contribution >= 0.6 is 12.4 Å². The van der Waals surface area contributed by atoms with Crippen LogP contribution in [-0.4, -0.2) is 27.9 Å². The molecule has 0 aromatic carbocycles. The van der Waals surface area contributed by atoms with Gasteiger partial charge < -0.3 is 9.88 Å². The highest BCUT2D eigenvalue weighted by molar-refractivity contribution is 5.85. The summed E-state index contributed by atoms with van der Waals surface area (Å²) >= 11 is 0. The molecule has 0 unspecified atom stereocenters. The van der Waals surface area contributed by atoms with Crippen LogP contribution < -0.4 is 5.32 Å².